The molecule has 0 fully saturated rings. The van der Waals surface area contributed by atoms with Crippen LogP contribution in [0.2, 0.25) is 0 Å². The van der Waals surface area contributed by atoms with Gasteiger partial charge < -0.3 is 10.1 Å². The number of rotatable bonds is 4. The summed E-state index contributed by atoms with van der Waals surface area (Å²) in [5, 5.41) is 5.00. The maximum Gasteiger partial charge on any atom is 0.411 e. The molecule has 0 aromatic heterocycles. The van der Waals surface area contributed by atoms with Crippen molar-refractivity contribution in [3.63, 3.8) is 0 Å². The molecule has 6 heteroatoms. The van der Waals surface area contributed by atoms with Crippen molar-refractivity contribution < 1.29 is 18.7 Å². The molecule has 2 rings (SSSR count). The first-order valence-corrected chi connectivity index (χ1v) is 6.70. The minimum atomic E-state index is -0.564. The second kappa shape index (κ2) is 7.21. The fourth-order valence-corrected chi connectivity index (χ4v) is 1.75. The van der Waals surface area contributed by atoms with Crippen LogP contribution in [0.3, 0.4) is 0 Å². The molecule has 5 nitrogen and oxygen atoms in total. The summed E-state index contributed by atoms with van der Waals surface area (Å²) in [5.41, 5.74) is 0.958. The highest BCUT2D eigenvalue weighted by Crippen LogP contribution is 2.15. The smallest absolute Gasteiger partial charge is 0.411 e. The number of para-hydroxylation sites is 1. The molecule has 2 aromatic carbocycles. The number of halogens is 1. The number of amides is 2. The zero-order valence-electron chi connectivity index (χ0n) is 11.9. The van der Waals surface area contributed by atoms with E-state index in [9.17, 15) is 14.0 Å². The van der Waals surface area contributed by atoms with Crippen molar-refractivity contribution in [1.82, 2.24) is 0 Å². The largest absolute Gasteiger partial charge is 0.450 e. The molecule has 0 spiro atoms. The molecule has 0 atom stereocenters. The highest BCUT2D eigenvalue weighted by Gasteiger charge is 2.09. The van der Waals surface area contributed by atoms with Gasteiger partial charge in [-0.25, -0.2) is 9.18 Å². The van der Waals surface area contributed by atoms with E-state index in [1.54, 1.807) is 31.2 Å². The average Bonchev–Trinajstić information content (AvgIpc) is 2.50. The van der Waals surface area contributed by atoms with Gasteiger partial charge in [-0.05, 0) is 43.3 Å². The molecule has 0 radical (unpaired) electrons. The minimum absolute atomic E-state index is 0.112. The van der Waals surface area contributed by atoms with Crippen LogP contribution in [0.25, 0.3) is 0 Å². The Kier molecular flexibility index (Phi) is 5.08. The van der Waals surface area contributed by atoms with E-state index in [1.807, 2.05) is 0 Å². The molecule has 22 heavy (non-hydrogen) atoms. The van der Waals surface area contributed by atoms with Gasteiger partial charge in [-0.2, -0.15) is 0 Å². The number of ether oxygens (including phenoxy) is 1. The monoisotopic (exact) mass is 302 g/mol. The number of hydrogen-bond acceptors (Lipinski definition) is 3. The Morgan fingerprint density at radius 1 is 1.05 bits per heavy atom. The molecular formula is C16H15FN2O3. The molecule has 0 bridgehead atoms. The van der Waals surface area contributed by atoms with Crippen LogP contribution in [-0.2, 0) is 4.74 Å². The first-order valence-electron chi connectivity index (χ1n) is 6.70. The SMILES string of the molecule is CCOC(=O)Nc1ccc(C(=O)Nc2ccccc2F)cc1. The van der Waals surface area contributed by atoms with Crippen molar-refractivity contribution in [3.05, 3.63) is 59.9 Å². The van der Waals surface area contributed by atoms with Crippen molar-refractivity contribution in [2.75, 3.05) is 17.2 Å². The van der Waals surface area contributed by atoms with E-state index < -0.39 is 17.8 Å². The second-order valence-corrected chi connectivity index (χ2v) is 4.36. The summed E-state index contributed by atoms with van der Waals surface area (Å²) in [6.07, 6.45) is -0.564. The summed E-state index contributed by atoms with van der Waals surface area (Å²) >= 11 is 0. The Hall–Kier alpha value is -2.89. The van der Waals surface area contributed by atoms with Gasteiger partial charge in [0.05, 0.1) is 12.3 Å². The molecular weight excluding hydrogens is 287 g/mol. The number of carbonyl (C=O) groups is 2. The Balaban J connectivity index is 2.02. The Labute approximate surface area is 127 Å². The van der Waals surface area contributed by atoms with Gasteiger partial charge in [0.25, 0.3) is 5.91 Å². The highest BCUT2D eigenvalue weighted by molar-refractivity contribution is 6.04. The molecule has 0 aliphatic rings. The first-order chi connectivity index (χ1) is 10.6. The molecule has 0 heterocycles. The van der Waals surface area contributed by atoms with E-state index in [0.717, 1.165) is 0 Å². The van der Waals surface area contributed by atoms with Crippen LogP contribution in [0.15, 0.2) is 48.5 Å². The maximum absolute atomic E-state index is 13.5. The molecule has 0 aliphatic carbocycles. The molecule has 0 aliphatic heterocycles. The summed E-state index contributed by atoms with van der Waals surface area (Å²) in [5.74, 6) is -0.941. The molecule has 2 aromatic rings. The lowest BCUT2D eigenvalue weighted by Crippen LogP contribution is -2.14. The quantitative estimate of drug-likeness (QED) is 0.906. The summed E-state index contributed by atoms with van der Waals surface area (Å²) in [7, 11) is 0. The summed E-state index contributed by atoms with van der Waals surface area (Å²) in [6.45, 7) is 1.98. The van der Waals surface area contributed by atoms with Crippen LogP contribution >= 0.6 is 0 Å². The fourth-order valence-electron chi connectivity index (χ4n) is 1.75. The van der Waals surface area contributed by atoms with Gasteiger partial charge in [0.15, 0.2) is 0 Å². The maximum atomic E-state index is 13.5. The van der Waals surface area contributed by atoms with E-state index in [4.69, 9.17) is 4.74 Å². The Morgan fingerprint density at radius 2 is 1.73 bits per heavy atom. The molecule has 2 N–H and O–H groups in total. The normalized spacial score (nSPS) is 9.91. The van der Waals surface area contributed by atoms with Gasteiger partial charge in [0.2, 0.25) is 0 Å². The predicted molar refractivity (Wildman–Crippen MR) is 81.4 cm³/mol. The first kappa shape index (κ1) is 15.5. The molecule has 114 valence electrons. The van der Waals surface area contributed by atoms with Crippen LogP contribution in [0, 0.1) is 5.82 Å². The fraction of sp³-hybridized carbons (Fsp3) is 0.125. The summed E-state index contributed by atoms with van der Waals surface area (Å²) in [4.78, 5) is 23.3. The van der Waals surface area contributed by atoms with Crippen molar-refractivity contribution in [2.45, 2.75) is 6.92 Å². The minimum Gasteiger partial charge on any atom is -0.450 e. The number of benzene rings is 2. The van der Waals surface area contributed by atoms with Crippen LogP contribution < -0.4 is 10.6 Å². The zero-order valence-corrected chi connectivity index (χ0v) is 11.9. The van der Waals surface area contributed by atoms with Gasteiger partial charge in [-0.15, -0.1) is 0 Å². The lowest BCUT2D eigenvalue weighted by atomic mass is 10.2. The van der Waals surface area contributed by atoms with Crippen molar-refractivity contribution in [1.29, 1.82) is 0 Å². The highest BCUT2D eigenvalue weighted by atomic mass is 19.1. The zero-order chi connectivity index (χ0) is 15.9. The van der Waals surface area contributed by atoms with E-state index in [1.165, 1.54) is 24.3 Å². The standard InChI is InChI=1S/C16H15FN2O3/c1-2-22-16(21)18-12-9-7-11(8-10-12)15(20)19-14-6-4-3-5-13(14)17/h3-10H,2H2,1H3,(H,18,21)(H,19,20). The number of carbonyl (C=O) groups excluding carboxylic acids is 2. The van der Waals surface area contributed by atoms with Gasteiger partial charge >= 0.3 is 6.09 Å². The summed E-state index contributed by atoms with van der Waals surface area (Å²) < 4.78 is 18.2. The van der Waals surface area contributed by atoms with Crippen molar-refractivity contribution >= 4 is 23.4 Å². The topological polar surface area (TPSA) is 67.4 Å². The number of nitrogens with one attached hydrogen (secondary N) is 2. The number of anilines is 2. The molecule has 0 saturated carbocycles. The van der Waals surface area contributed by atoms with Crippen LogP contribution in [-0.4, -0.2) is 18.6 Å². The Morgan fingerprint density at radius 3 is 2.36 bits per heavy atom. The molecule has 0 unspecified atom stereocenters. The van der Waals surface area contributed by atoms with Crippen molar-refractivity contribution in [3.8, 4) is 0 Å². The van der Waals surface area contributed by atoms with Crippen molar-refractivity contribution in [2.24, 2.45) is 0 Å². The van der Waals surface area contributed by atoms with E-state index in [2.05, 4.69) is 10.6 Å². The summed E-state index contributed by atoms with van der Waals surface area (Å²) in [6, 6.07) is 12.1. The Bertz CT molecular complexity index is 671. The number of hydrogen-bond donors (Lipinski definition) is 2. The molecule has 2 amide bonds. The van der Waals surface area contributed by atoms with Crippen LogP contribution in [0.5, 0.6) is 0 Å². The van der Waals surface area contributed by atoms with E-state index in [-0.39, 0.29) is 12.3 Å². The third-order valence-corrected chi connectivity index (χ3v) is 2.79. The average molecular weight is 302 g/mol. The van der Waals surface area contributed by atoms with E-state index in [0.29, 0.717) is 11.3 Å². The third kappa shape index (κ3) is 4.05. The van der Waals surface area contributed by atoms with Gasteiger partial charge in [0, 0.05) is 11.3 Å². The molecule has 0 saturated heterocycles. The second-order valence-electron chi connectivity index (χ2n) is 4.36. The lowest BCUT2D eigenvalue weighted by molar-refractivity contribution is 0.102. The van der Waals surface area contributed by atoms with Crippen LogP contribution in [0.4, 0.5) is 20.6 Å². The van der Waals surface area contributed by atoms with Gasteiger partial charge in [-0.3, -0.25) is 10.1 Å². The predicted octanol–water partition coefficient (Wildman–Crippen LogP) is 3.65. The van der Waals surface area contributed by atoms with Gasteiger partial charge in [0.1, 0.15) is 5.82 Å². The van der Waals surface area contributed by atoms with Gasteiger partial charge in [-0.1, -0.05) is 12.1 Å². The van der Waals surface area contributed by atoms with E-state index >= 15 is 0 Å². The van der Waals surface area contributed by atoms with Crippen LogP contribution in [0.1, 0.15) is 17.3 Å². The lowest BCUT2D eigenvalue weighted by Gasteiger charge is -2.08. The third-order valence-electron chi connectivity index (χ3n) is 2.79.